The molecule has 7 heteroatoms. The zero-order valence-electron chi connectivity index (χ0n) is 12.3. The first kappa shape index (κ1) is 16.0. The molecule has 0 aromatic carbocycles. The number of amides is 1. The molecule has 0 aliphatic heterocycles. The van der Waals surface area contributed by atoms with Crippen molar-refractivity contribution in [3.05, 3.63) is 6.33 Å². The quantitative estimate of drug-likeness (QED) is 0.631. The molecule has 1 heterocycles. The van der Waals surface area contributed by atoms with Crippen molar-refractivity contribution in [2.75, 3.05) is 37.4 Å². The molecule has 0 aliphatic rings. The van der Waals surface area contributed by atoms with Crippen LogP contribution in [0.15, 0.2) is 6.33 Å². The van der Waals surface area contributed by atoms with Crippen molar-refractivity contribution in [2.45, 2.75) is 26.7 Å². The van der Waals surface area contributed by atoms with E-state index in [0.717, 1.165) is 13.0 Å². The predicted molar refractivity (Wildman–Crippen MR) is 79.2 cm³/mol. The van der Waals surface area contributed by atoms with E-state index in [-0.39, 0.29) is 5.91 Å². The Hall–Kier alpha value is -2.05. The number of carbonyl (C=O) groups excluding carboxylic acids is 1. The molecular formula is C13H23N5O2. The maximum Gasteiger partial charge on any atom is 0.221 e. The van der Waals surface area contributed by atoms with Gasteiger partial charge in [-0.1, -0.05) is 6.92 Å². The highest BCUT2D eigenvalue weighted by Gasteiger charge is 2.11. The van der Waals surface area contributed by atoms with Gasteiger partial charge in [0.2, 0.25) is 11.7 Å². The number of nitrogens with one attached hydrogen (secondary N) is 3. The number of anilines is 2. The van der Waals surface area contributed by atoms with Crippen molar-refractivity contribution in [2.24, 2.45) is 0 Å². The number of hydrogen-bond donors (Lipinski definition) is 3. The van der Waals surface area contributed by atoms with Gasteiger partial charge >= 0.3 is 0 Å². The SMILES string of the molecule is CCCNC(=O)CCNc1ncnc(NCC)c1OC. The number of ether oxygens (including phenoxy) is 1. The summed E-state index contributed by atoms with van der Waals surface area (Å²) in [6.07, 6.45) is 2.79. The fourth-order valence-corrected chi connectivity index (χ4v) is 1.63. The van der Waals surface area contributed by atoms with Gasteiger partial charge in [0, 0.05) is 26.1 Å². The van der Waals surface area contributed by atoms with Crippen LogP contribution in [0.3, 0.4) is 0 Å². The molecule has 1 rings (SSSR count). The van der Waals surface area contributed by atoms with Gasteiger partial charge in [0.05, 0.1) is 7.11 Å². The van der Waals surface area contributed by atoms with Gasteiger partial charge in [-0.3, -0.25) is 4.79 Å². The minimum absolute atomic E-state index is 0.0271. The molecular weight excluding hydrogens is 258 g/mol. The Labute approximate surface area is 119 Å². The average Bonchev–Trinajstić information content (AvgIpc) is 2.45. The molecule has 0 spiro atoms. The molecule has 1 aromatic rings. The van der Waals surface area contributed by atoms with Crippen molar-refractivity contribution >= 4 is 17.5 Å². The third-order valence-corrected chi connectivity index (χ3v) is 2.57. The molecule has 3 N–H and O–H groups in total. The van der Waals surface area contributed by atoms with Crippen LogP contribution in [0.5, 0.6) is 5.75 Å². The highest BCUT2D eigenvalue weighted by atomic mass is 16.5. The number of nitrogens with zero attached hydrogens (tertiary/aromatic N) is 2. The molecule has 20 heavy (non-hydrogen) atoms. The summed E-state index contributed by atoms with van der Waals surface area (Å²) in [6, 6.07) is 0. The lowest BCUT2D eigenvalue weighted by atomic mass is 10.3. The molecule has 0 saturated carbocycles. The first-order valence-corrected chi connectivity index (χ1v) is 6.86. The Morgan fingerprint density at radius 3 is 2.50 bits per heavy atom. The summed E-state index contributed by atoms with van der Waals surface area (Å²) < 4.78 is 5.30. The summed E-state index contributed by atoms with van der Waals surface area (Å²) >= 11 is 0. The van der Waals surface area contributed by atoms with Gasteiger partial charge in [-0.2, -0.15) is 0 Å². The van der Waals surface area contributed by atoms with Crippen LogP contribution in [-0.4, -0.2) is 42.6 Å². The second-order valence-corrected chi connectivity index (χ2v) is 4.16. The summed E-state index contributed by atoms with van der Waals surface area (Å²) in [4.78, 5) is 19.7. The molecule has 1 amide bonds. The van der Waals surface area contributed by atoms with Gasteiger partial charge in [-0.05, 0) is 13.3 Å². The van der Waals surface area contributed by atoms with Gasteiger partial charge in [0.15, 0.2) is 11.6 Å². The van der Waals surface area contributed by atoms with E-state index in [4.69, 9.17) is 4.74 Å². The van der Waals surface area contributed by atoms with Crippen molar-refractivity contribution < 1.29 is 9.53 Å². The highest BCUT2D eigenvalue weighted by molar-refractivity contribution is 5.76. The number of methoxy groups -OCH3 is 1. The Balaban J connectivity index is 2.55. The van der Waals surface area contributed by atoms with E-state index in [9.17, 15) is 4.79 Å². The van der Waals surface area contributed by atoms with Gasteiger partial charge < -0.3 is 20.7 Å². The lowest BCUT2D eigenvalue weighted by molar-refractivity contribution is -0.120. The van der Waals surface area contributed by atoms with Crippen molar-refractivity contribution in [1.29, 1.82) is 0 Å². The molecule has 7 nitrogen and oxygen atoms in total. The van der Waals surface area contributed by atoms with Crippen LogP contribution in [-0.2, 0) is 4.79 Å². The molecule has 1 aromatic heterocycles. The summed E-state index contributed by atoms with van der Waals surface area (Å²) in [5.74, 6) is 1.81. The van der Waals surface area contributed by atoms with Crippen LogP contribution in [0.2, 0.25) is 0 Å². The van der Waals surface area contributed by atoms with Crippen LogP contribution in [0.25, 0.3) is 0 Å². The average molecular weight is 281 g/mol. The van der Waals surface area contributed by atoms with Gasteiger partial charge in [0.1, 0.15) is 6.33 Å². The summed E-state index contributed by atoms with van der Waals surface area (Å²) in [7, 11) is 1.57. The summed E-state index contributed by atoms with van der Waals surface area (Å²) in [5, 5.41) is 9.02. The zero-order chi connectivity index (χ0) is 14.8. The largest absolute Gasteiger partial charge is 0.490 e. The minimum Gasteiger partial charge on any atom is -0.490 e. The topological polar surface area (TPSA) is 88.2 Å². The van der Waals surface area contributed by atoms with Crippen LogP contribution in [0, 0.1) is 0 Å². The first-order valence-electron chi connectivity index (χ1n) is 6.86. The molecule has 112 valence electrons. The Morgan fingerprint density at radius 1 is 1.20 bits per heavy atom. The van der Waals surface area contributed by atoms with Crippen molar-refractivity contribution in [3.8, 4) is 5.75 Å². The Morgan fingerprint density at radius 2 is 1.90 bits per heavy atom. The maximum atomic E-state index is 11.5. The predicted octanol–water partition coefficient (Wildman–Crippen LogP) is 1.25. The van der Waals surface area contributed by atoms with E-state index in [1.165, 1.54) is 6.33 Å². The highest BCUT2D eigenvalue weighted by Crippen LogP contribution is 2.28. The van der Waals surface area contributed by atoms with Crippen LogP contribution >= 0.6 is 0 Å². The normalized spacial score (nSPS) is 9.95. The second-order valence-electron chi connectivity index (χ2n) is 4.16. The number of aromatic nitrogens is 2. The van der Waals surface area contributed by atoms with E-state index in [2.05, 4.69) is 25.9 Å². The zero-order valence-corrected chi connectivity index (χ0v) is 12.3. The first-order chi connectivity index (χ1) is 9.72. The number of rotatable bonds is 9. The molecule has 0 saturated heterocycles. The summed E-state index contributed by atoms with van der Waals surface area (Å²) in [5.41, 5.74) is 0. The van der Waals surface area contributed by atoms with E-state index in [1.54, 1.807) is 7.11 Å². The smallest absolute Gasteiger partial charge is 0.221 e. The minimum atomic E-state index is 0.0271. The second kappa shape index (κ2) is 8.95. The van der Waals surface area contributed by atoms with Crippen molar-refractivity contribution in [3.63, 3.8) is 0 Å². The van der Waals surface area contributed by atoms with Crippen LogP contribution in [0.1, 0.15) is 26.7 Å². The van der Waals surface area contributed by atoms with Gasteiger partial charge in [-0.15, -0.1) is 0 Å². The molecule has 0 aliphatic carbocycles. The molecule has 0 unspecified atom stereocenters. The van der Waals surface area contributed by atoms with Gasteiger partial charge in [-0.25, -0.2) is 9.97 Å². The molecule has 0 bridgehead atoms. The lowest BCUT2D eigenvalue weighted by Crippen LogP contribution is -2.26. The standard InChI is InChI=1S/C13H23N5O2/c1-4-7-15-10(19)6-8-16-13-11(20-3)12(14-5-2)17-9-18-13/h9H,4-8H2,1-3H3,(H,15,19)(H2,14,16,17,18). The van der Waals surface area contributed by atoms with E-state index in [1.807, 2.05) is 13.8 Å². The number of carbonyl (C=O) groups is 1. The fourth-order valence-electron chi connectivity index (χ4n) is 1.63. The van der Waals surface area contributed by atoms with E-state index >= 15 is 0 Å². The van der Waals surface area contributed by atoms with Crippen molar-refractivity contribution in [1.82, 2.24) is 15.3 Å². The lowest BCUT2D eigenvalue weighted by Gasteiger charge is -2.13. The maximum absolute atomic E-state index is 11.5. The van der Waals surface area contributed by atoms with Crippen LogP contribution < -0.4 is 20.7 Å². The van der Waals surface area contributed by atoms with E-state index in [0.29, 0.717) is 36.9 Å². The summed E-state index contributed by atoms with van der Waals surface area (Å²) in [6.45, 7) is 5.94. The van der Waals surface area contributed by atoms with Gasteiger partial charge in [0.25, 0.3) is 0 Å². The fraction of sp³-hybridized carbons (Fsp3) is 0.615. The molecule has 0 fully saturated rings. The molecule has 0 radical (unpaired) electrons. The van der Waals surface area contributed by atoms with Crippen LogP contribution in [0.4, 0.5) is 11.6 Å². The molecule has 0 atom stereocenters. The Bertz CT molecular complexity index is 425. The third kappa shape index (κ3) is 4.91. The Kier molecular flexibility index (Phi) is 7.16. The third-order valence-electron chi connectivity index (χ3n) is 2.57. The van der Waals surface area contributed by atoms with E-state index < -0.39 is 0 Å². The monoisotopic (exact) mass is 281 g/mol. The number of hydrogen-bond acceptors (Lipinski definition) is 6.